The lowest BCUT2D eigenvalue weighted by molar-refractivity contribution is -0.136. The normalized spacial score (nSPS) is 14.6. The van der Waals surface area contributed by atoms with Crippen LogP contribution in [0.3, 0.4) is 0 Å². The molecule has 0 heterocycles. The molecule has 0 N–H and O–H groups in total. The zero-order valence-electron chi connectivity index (χ0n) is 10.2. The van der Waals surface area contributed by atoms with Crippen LogP contribution in [0, 0.1) is 11.6 Å². The minimum atomic E-state index is -0.620. The summed E-state index contributed by atoms with van der Waals surface area (Å²) in [6.07, 6.45) is 1.86. The molecule has 1 saturated carbocycles. The minimum absolute atomic E-state index is 0.0146. The minimum Gasteiger partial charge on any atom is -0.375 e. The monoisotopic (exact) mass is 255 g/mol. The third kappa shape index (κ3) is 3.04. The predicted molar refractivity (Wildman–Crippen MR) is 61.8 cm³/mol. The number of benzene rings is 1. The first-order valence-corrected chi connectivity index (χ1v) is 5.84. The molecule has 1 fully saturated rings. The maximum Gasteiger partial charge on any atom is 0.249 e. The number of carbonyl (C=O) groups excluding carboxylic acids is 1. The highest BCUT2D eigenvalue weighted by atomic mass is 19.1. The molecule has 1 aliphatic carbocycles. The van der Waals surface area contributed by atoms with Crippen LogP contribution in [0.5, 0.6) is 0 Å². The third-order valence-electron chi connectivity index (χ3n) is 2.93. The van der Waals surface area contributed by atoms with Crippen molar-refractivity contribution in [3.05, 3.63) is 35.4 Å². The largest absolute Gasteiger partial charge is 0.375 e. The van der Waals surface area contributed by atoms with Gasteiger partial charge in [0.1, 0.15) is 18.2 Å². The first kappa shape index (κ1) is 13.0. The van der Waals surface area contributed by atoms with Gasteiger partial charge in [0.2, 0.25) is 5.91 Å². The standard InChI is InChI=1S/C13H15F2NO2/c1-18-8-13(17)16(11-4-5-11)7-9-2-3-10(14)6-12(9)15/h2-3,6,11H,4-5,7-8H2,1H3. The third-order valence-corrected chi connectivity index (χ3v) is 2.93. The molecule has 0 saturated heterocycles. The Bertz CT molecular complexity index is 447. The second-order valence-corrected chi connectivity index (χ2v) is 4.42. The molecule has 18 heavy (non-hydrogen) atoms. The summed E-state index contributed by atoms with van der Waals surface area (Å²) in [5.41, 5.74) is 0.327. The first-order valence-electron chi connectivity index (χ1n) is 5.84. The number of halogens is 2. The van der Waals surface area contributed by atoms with Crippen molar-refractivity contribution in [1.82, 2.24) is 4.90 Å². The Morgan fingerprint density at radius 3 is 2.72 bits per heavy atom. The van der Waals surface area contributed by atoms with E-state index in [0.717, 1.165) is 18.9 Å². The van der Waals surface area contributed by atoms with E-state index in [1.54, 1.807) is 4.90 Å². The topological polar surface area (TPSA) is 29.5 Å². The van der Waals surface area contributed by atoms with Crippen LogP contribution in [0.25, 0.3) is 0 Å². The molecule has 1 aromatic rings. The number of amides is 1. The van der Waals surface area contributed by atoms with Gasteiger partial charge in [-0.3, -0.25) is 4.79 Å². The molecular weight excluding hydrogens is 240 g/mol. The van der Waals surface area contributed by atoms with Crippen molar-refractivity contribution >= 4 is 5.91 Å². The van der Waals surface area contributed by atoms with Gasteiger partial charge in [0, 0.05) is 31.3 Å². The lowest BCUT2D eigenvalue weighted by Gasteiger charge is -2.22. The van der Waals surface area contributed by atoms with Crippen molar-refractivity contribution in [3.63, 3.8) is 0 Å². The SMILES string of the molecule is COCC(=O)N(Cc1ccc(F)cc1F)C1CC1. The van der Waals surface area contributed by atoms with E-state index in [9.17, 15) is 13.6 Å². The summed E-state index contributed by atoms with van der Waals surface area (Å²) < 4.78 is 31.1. The number of methoxy groups -OCH3 is 1. The molecule has 2 rings (SSSR count). The summed E-state index contributed by atoms with van der Waals surface area (Å²) in [4.78, 5) is 13.4. The molecule has 1 aliphatic rings. The van der Waals surface area contributed by atoms with Crippen molar-refractivity contribution in [1.29, 1.82) is 0 Å². The van der Waals surface area contributed by atoms with Crippen LogP contribution in [0.15, 0.2) is 18.2 Å². The summed E-state index contributed by atoms with van der Waals surface area (Å²) in [6, 6.07) is 3.57. The van der Waals surface area contributed by atoms with Gasteiger partial charge in [0.25, 0.3) is 0 Å². The Labute approximate surface area is 104 Å². The Morgan fingerprint density at radius 2 is 2.17 bits per heavy atom. The highest BCUT2D eigenvalue weighted by molar-refractivity contribution is 5.78. The number of hydrogen-bond acceptors (Lipinski definition) is 2. The molecule has 0 radical (unpaired) electrons. The van der Waals surface area contributed by atoms with Gasteiger partial charge < -0.3 is 9.64 Å². The van der Waals surface area contributed by atoms with E-state index < -0.39 is 11.6 Å². The van der Waals surface area contributed by atoms with E-state index in [0.29, 0.717) is 5.56 Å². The second kappa shape index (κ2) is 5.44. The maximum absolute atomic E-state index is 13.5. The molecule has 3 nitrogen and oxygen atoms in total. The molecule has 0 bridgehead atoms. The summed E-state index contributed by atoms with van der Waals surface area (Å²) in [5, 5.41) is 0. The van der Waals surface area contributed by atoms with Gasteiger partial charge in [0.05, 0.1) is 0 Å². The van der Waals surface area contributed by atoms with Gasteiger partial charge in [-0.2, -0.15) is 0 Å². The van der Waals surface area contributed by atoms with Crippen LogP contribution < -0.4 is 0 Å². The molecule has 0 unspecified atom stereocenters. The highest BCUT2D eigenvalue weighted by Gasteiger charge is 2.32. The van der Waals surface area contributed by atoms with Gasteiger partial charge in [-0.05, 0) is 18.9 Å². The van der Waals surface area contributed by atoms with Gasteiger partial charge >= 0.3 is 0 Å². The van der Waals surface area contributed by atoms with E-state index >= 15 is 0 Å². The number of ether oxygens (including phenoxy) is 1. The van der Waals surface area contributed by atoms with Crippen LogP contribution in [0.1, 0.15) is 18.4 Å². The Hall–Kier alpha value is -1.49. The van der Waals surface area contributed by atoms with Crippen LogP contribution in [0.4, 0.5) is 8.78 Å². The number of nitrogens with zero attached hydrogens (tertiary/aromatic N) is 1. The van der Waals surface area contributed by atoms with Crippen LogP contribution >= 0.6 is 0 Å². The fourth-order valence-electron chi connectivity index (χ4n) is 1.85. The molecule has 0 spiro atoms. The van der Waals surface area contributed by atoms with Crippen LogP contribution in [0.2, 0.25) is 0 Å². The lowest BCUT2D eigenvalue weighted by Crippen LogP contribution is -2.35. The molecule has 98 valence electrons. The van der Waals surface area contributed by atoms with E-state index in [1.165, 1.54) is 19.2 Å². The molecule has 0 aromatic heterocycles. The van der Waals surface area contributed by atoms with Gasteiger partial charge in [-0.1, -0.05) is 6.07 Å². The van der Waals surface area contributed by atoms with E-state index in [2.05, 4.69) is 0 Å². The Morgan fingerprint density at radius 1 is 1.44 bits per heavy atom. The first-order chi connectivity index (χ1) is 8.61. The summed E-state index contributed by atoms with van der Waals surface area (Å²) in [5.74, 6) is -1.40. The smallest absolute Gasteiger partial charge is 0.249 e. The molecule has 1 amide bonds. The van der Waals surface area contributed by atoms with Crippen molar-refractivity contribution in [3.8, 4) is 0 Å². The lowest BCUT2D eigenvalue weighted by atomic mass is 10.2. The average Bonchev–Trinajstić information content (AvgIpc) is 3.12. The van der Waals surface area contributed by atoms with Crippen molar-refractivity contribution in [2.24, 2.45) is 0 Å². The Kier molecular flexibility index (Phi) is 3.91. The van der Waals surface area contributed by atoms with Crippen LogP contribution in [-0.2, 0) is 16.1 Å². The Balaban J connectivity index is 2.10. The maximum atomic E-state index is 13.5. The highest BCUT2D eigenvalue weighted by Crippen LogP contribution is 2.29. The van der Waals surface area contributed by atoms with E-state index in [-0.39, 0.29) is 25.1 Å². The second-order valence-electron chi connectivity index (χ2n) is 4.42. The molecule has 1 aromatic carbocycles. The fourth-order valence-corrected chi connectivity index (χ4v) is 1.85. The summed E-state index contributed by atoms with van der Waals surface area (Å²) >= 11 is 0. The average molecular weight is 255 g/mol. The molecule has 0 aliphatic heterocycles. The van der Waals surface area contributed by atoms with Crippen molar-refractivity contribution in [2.75, 3.05) is 13.7 Å². The van der Waals surface area contributed by atoms with Gasteiger partial charge in [0.15, 0.2) is 0 Å². The van der Waals surface area contributed by atoms with E-state index in [4.69, 9.17) is 4.74 Å². The fraction of sp³-hybridized carbons (Fsp3) is 0.462. The van der Waals surface area contributed by atoms with Crippen molar-refractivity contribution in [2.45, 2.75) is 25.4 Å². The zero-order chi connectivity index (χ0) is 13.1. The van der Waals surface area contributed by atoms with Crippen molar-refractivity contribution < 1.29 is 18.3 Å². The summed E-state index contributed by atoms with van der Waals surface area (Å²) in [7, 11) is 1.45. The zero-order valence-corrected chi connectivity index (χ0v) is 10.2. The quantitative estimate of drug-likeness (QED) is 0.806. The summed E-state index contributed by atoms with van der Waals surface area (Å²) in [6.45, 7) is 0.151. The molecule has 0 atom stereocenters. The predicted octanol–water partition coefficient (Wildman–Crippen LogP) is 2.10. The molecule has 5 heteroatoms. The van der Waals surface area contributed by atoms with Gasteiger partial charge in [-0.25, -0.2) is 8.78 Å². The number of hydrogen-bond donors (Lipinski definition) is 0. The van der Waals surface area contributed by atoms with Gasteiger partial charge in [-0.15, -0.1) is 0 Å². The molecular formula is C13H15F2NO2. The number of carbonyl (C=O) groups is 1. The van der Waals surface area contributed by atoms with E-state index in [1.807, 2.05) is 0 Å². The number of rotatable bonds is 5. The van der Waals surface area contributed by atoms with Crippen LogP contribution in [-0.4, -0.2) is 30.6 Å².